The zero-order chi connectivity index (χ0) is 25.1. The Balaban J connectivity index is 1.60. The van der Waals surface area contributed by atoms with Gasteiger partial charge in [0.05, 0.1) is 12.3 Å². The summed E-state index contributed by atoms with van der Waals surface area (Å²) in [5, 5.41) is 11.6. The lowest BCUT2D eigenvalue weighted by Gasteiger charge is -2.16. The van der Waals surface area contributed by atoms with Gasteiger partial charge >= 0.3 is 5.69 Å². The minimum atomic E-state index is -0.991. The molecule has 0 spiro atoms. The first-order chi connectivity index (χ1) is 16.7. The van der Waals surface area contributed by atoms with E-state index in [0.717, 1.165) is 17.3 Å². The van der Waals surface area contributed by atoms with Crippen molar-refractivity contribution < 1.29 is 14.6 Å². The number of halogens is 1. The molecule has 2 N–H and O–H groups in total. The third-order valence-corrected chi connectivity index (χ3v) is 6.62. The highest BCUT2D eigenvalue weighted by atomic mass is 35.5. The Morgan fingerprint density at radius 3 is 2.63 bits per heavy atom. The predicted octanol–water partition coefficient (Wildman–Crippen LogP) is 2.80. The van der Waals surface area contributed by atoms with Crippen LogP contribution in [0.25, 0.3) is 11.2 Å². The molecule has 0 aliphatic rings. The highest BCUT2D eigenvalue weighted by Crippen LogP contribution is 2.24. The number of hydrogen-bond acceptors (Lipinski definition) is 7. The zero-order valence-electron chi connectivity index (χ0n) is 19.0. The van der Waals surface area contributed by atoms with Crippen LogP contribution in [-0.2, 0) is 13.6 Å². The molecule has 1 atom stereocenters. The number of para-hydroxylation sites is 1. The second-order valence-corrected chi connectivity index (χ2v) is 9.32. The Morgan fingerprint density at radius 1 is 1.20 bits per heavy atom. The summed E-state index contributed by atoms with van der Waals surface area (Å²) in [4.78, 5) is 44.1. The number of benzene rings is 2. The standard InChI is InChI=1S/C24H23ClN4O5S/c1-14-5-3-4-6-19(14)34-12-17(30)11-29-20-21(28(2)23(33)27-22(20)32)26-24(29)35-13-18(31)15-7-9-16(25)10-8-15/h3-10,17,30H,11-13H2,1-2H3,(H,27,32,33)/t17-/m1/s1. The van der Waals surface area contributed by atoms with Crippen LogP contribution < -0.4 is 16.0 Å². The number of rotatable bonds is 9. The van der Waals surface area contributed by atoms with Gasteiger partial charge in [0.2, 0.25) is 0 Å². The number of imidazole rings is 1. The fourth-order valence-corrected chi connectivity index (χ4v) is 4.54. The van der Waals surface area contributed by atoms with Gasteiger partial charge in [0.25, 0.3) is 5.56 Å². The summed E-state index contributed by atoms with van der Waals surface area (Å²) in [6.07, 6.45) is -0.991. The monoisotopic (exact) mass is 514 g/mol. The van der Waals surface area contributed by atoms with E-state index in [-0.39, 0.29) is 35.9 Å². The molecule has 2 aromatic heterocycles. The quantitative estimate of drug-likeness (QED) is 0.260. The molecule has 0 fully saturated rings. The first-order valence-corrected chi connectivity index (χ1v) is 12.1. The zero-order valence-corrected chi connectivity index (χ0v) is 20.6. The third-order valence-electron chi connectivity index (χ3n) is 5.39. The number of hydrogen-bond donors (Lipinski definition) is 2. The normalized spacial score (nSPS) is 12.1. The smallest absolute Gasteiger partial charge is 0.329 e. The second-order valence-electron chi connectivity index (χ2n) is 7.94. The number of carbonyl (C=O) groups excluding carboxylic acids is 1. The van der Waals surface area contributed by atoms with E-state index >= 15 is 0 Å². The number of aryl methyl sites for hydroxylation is 2. The van der Waals surface area contributed by atoms with Gasteiger partial charge < -0.3 is 14.4 Å². The summed E-state index contributed by atoms with van der Waals surface area (Å²) in [6.45, 7) is 1.85. The number of carbonyl (C=O) groups is 1. The van der Waals surface area contributed by atoms with Gasteiger partial charge in [-0.05, 0) is 42.8 Å². The average molecular weight is 515 g/mol. The van der Waals surface area contributed by atoms with E-state index in [9.17, 15) is 19.5 Å². The molecule has 11 heteroatoms. The van der Waals surface area contributed by atoms with Crippen LogP contribution in [0.3, 0.4) is 0 Å². The van der Waals surface area contributed by atoms with E-state index in [1.165, 1.54) is 16.2 Å². The van der Waals surface area contributed by atoms with Gasteiger partial charge in [-0.15, -0.1) is 0 Å². The molecule has 182 valence electrons. The number of thioether (sulfide) groups is 1. The molecule has 0 saturated carbocycles. The van der Waals surface area contributed by atoms with E-state index in [0.29, 0.717) is 21.5 Å². The summed E-state index contributed by atoms with van der Waals surface area (Å²) in [5.74, 6) is 0.522. The lowest BCUT2D eigenvalue weighted by Crippen LogP contribution is -2.30. The van der Waals surface area contributed by atoms with Crippen LogP contribution >= 0.6 is 23.4 Å². The van der Waals surface area contributed by atoms with Gasteiger partial charge in [-0.2, -0.15) is 0 Å². The predicted molar refractivity (Wildman–Crippen MR) is 135 cm³/mol. The number of aromatic amines is 1. The molecule has 35 heavy (non-hydrogen) atoms. The number of H-pyrrole nitrogens is 1. The maximum Gasteiger partial charge on any atom is 0.329 e. The van der Waals surface area contributed by atoms with Crippen LogP contribution in [0.15, 0.2) is 63.3 Å². The molecule has 0 aliphatic heterocycles. The first kappa shape index (κ1) is 24.8. The molecule has 0 saturated heterocycles. The fraction of sp³-hybridized carbons (Fsp3) is 0.250. The molecule has 4 aromatic rings. The molecule has 0 unspecified atom stereocenters. The Bertz CT molecular complexity index is 1490. The number of ether oxygens (including phenoxy) is 1. The van der Waals surface area contributed by atoms with Gasteiger partial charge in [0.15, 0.2) is 22.1 Å². The number of nitrogens with zero attached hydrogens (tertiary/aromatic N) is 3. The minimum Gasteiger partial charge on any atom is -0.491 e. The maximum absolute atomic E-state index is 12.7. The number of aliphatic hydroxyl groups excluding tert-OH is 1. The molecule has 2 heterocycles. The fourth-order valence-electron chi connectivity index (χ4n) is 3.51. The Labute approximate surface area is 209 Å². The van der Waals surface area contributed by atoms with E-state index in [2.05, 4.69) is 9.97 Å². The van der Waals surface area contributed by atoms with Crippen LogP contribution in [0.4, 0.5) is 0 Å². The van der Waals surface area contributed by atoms with E-state index in [1.807, 2.05) is 25.1 Å². The number of ketones is 1. The molecule has 0 aliphatic carbocycles. The summed E-state index contributed by atoms with van der Waals surface area (Å²) < 4.78 is 8.47. The molecule has 9 nitrogen and oxygen atoms in total. The molecular weight excluding hydrogens is 492 g/mol. The Morgan fingerprint density at radius 2 is 1.91 bits per heavy atom. The van der Waals surface area contributed by atoms with Gasteiger partial charge in [-0.3, -0.25) is 19.1 Å². The number of nitrogens with one attached hydrogen (secondary N) is 1. The van der Waals surface area contributed by atoms with Gasteiger partial charge in [-0.25, -0.2) is 9.78 Å². The van der Waals surface area contributed by atoms with Crippen molar-refractivity contribution in [2.45, 2.75) is 24.7 Å². The number of aromatic nitrogens is 4. The highest BCUT2D eigenvalue weighted by molar-refractivity contribution is 7.99. The van der Waals surface area contributed by atoms with Crippen LogP contribution in [0, 0.1) is 6.92 Å². The van der Waals surface area contributed by atoms with Gasteiger partial charge in [-0.1, -0.05) is 41.6 Å². The highest BCUT2D eigenvalue weighted by Gasteiger charge is 2.21. The minimum absolute atomic E-state index is 0.0258. The largest absolute Gasteiger partial charge is 0.491 e. The van der Waals surface area contributed by atoms with E-state index in [1.54, 1.807) is 30.3 Å². The van der Waals surface area contributed by atoms with Gasteiger partial charge in [0.1, 0.15) is 18.5 Å². The van der Waals surface area contributed by atoms with Crippen molar-refractivity contribution >= 4 is 40.3 Å². The van der Waals surface area contributed by atoms with Crippen molar-refractivity contribution in [1.82, 2.24) is 19.1 Å². The van der Waals surface area contributed by atoms with E-state index < -0.39 is 17.4 Å². The number of Topliss-reactive ketones (excluding diaryl/α,β-unsaturated/α-hetero) is 1. The van der Waals surface area contributed by atoms with Crippen molar-refractivity contribution in [3.8, 4) is 5.75 Å². The molecular formula is C24H23ClN4O5S. The maximum atomic E-state index is 12.7. The van der Waals surface area contributed by atoms with Crippen LogP contribution in [-0.4, -0.2) is 48.5 Å². The molecule has 2 aromatic carbocycles. The first-order valence-electron chi connectivity index (χ1n) is 10.7. The average Bonchev–Trinajstić information content (AvgIpc) is 3.19. The molecule has 0 amide bonds. The van der Waals surface area contributed by atoms with Gasteiger partial charge in [0, 0.05) is 17.6 Å². The molecule has 4 rings (SSSR count). The van der Waals surface area contributed by atoms with Crippen molar-refractivity contribution in [3.05, 3.63) is 85.5 Å². The Hall–Kier alpha value is -3.34. The molecule has 0 bridgehead atoms. The topological polar surface area (TPSA) is 119 Å². The lowest BCUT2D eigenvalue weighted by molar-refractivity contribution is 0.0910. The lowest BCUT2D eigenvalue weighted by atomic mass is 10.1. The molecule has 0 radical (unpaired) electrons. The van der Waals surface area contributed by atoms with Crippen molar-refractivity contribution in [2.75, 3.05) is 12.4 Å². The third kappa shape index (κ3) is 5.50. The Kier molecular flexibility index (Phi) is 7.44. The summed E-state index contributed by atoms with van der Waals surface area (Å²) in [6, 6.07) is 14.0. The second kappa shape index (κ2) is 10.5. The van der Waals surface area contributed by atoms with Crippen LogP contribution in [0.2, 0.25) is 5.02 Å². The van der Waals surface area contributed by atoms with Crippen molar-refractivity contribution in [1.29, 1.82) is 0 Å². The van der Waals surface area contributed by atoms with Crippen molar-refractivity contribution in [2.24, 2.45) is 7.05 Å². The van der Waals surface area contributed by atoms with E-state index in [4.69, 9.17) is 16.3 Å². The summed E-state index contributed by atoms with van der Waals surface area (Å²) in [7, 11) is 1.49. The van der Waals surface area contributed by atoms with Crippen molar-refractivity contribution in [3.63, 3.8) is 0 Å². The summed E-state index contributed by atoms with van der Waals surface area (Å²) >= 11 is 7.01. The SMILES string of the molecule is Cc1ccccc1OC[C@H](O)Cn1c(SCC(=O)c2ccc(Cl)cc2)nc2c1c(=O)[nH]c(=O)n2C. The summed E-state index contributed by atoms with van der Waals surface area (Å²) in [5.41, 5.74) is 0.469. The van der Waals surface area contributed by atoms with Crippen LogP contribution in [0.5, 0.6) is 5.75 Å². The number of fused-ring (bicyclic) bond motifs is 1. The van der Waals surface area contributed by atoms with Crippen LogP contribution in [0.1, 0.15) is 15.9 Å². The number of aliphatic hydroxyl groups is 1.